The van der Waals surface area contributed by atoms with Crippen molar-refractivity contribution in [3.63, 3.8) is 0 Å². The van der Waals surface area contributed by atoms with Crippen molar-refractivity contribution < 1.29 is 22.7 Å². The lowest BCUT2D eigenvalue weighted by Crippen LogP contribution is -2.10. The molecule has 2 aromatic heterocycles. The number of alkyl halides is 3. The minimum atomic E-state index is -4.42. The zero-order valence-electron chi connectivity index (χ0n) is 13.4. The van der Waals surface area contributed by atoms with Crippen molar-refractivity contribution >= 4 is 11.5 Å². The lowest BCUT2D eigenvalue weighted by molar-refractivity contribution is -0.137. The number of benzene rings is 1. The van der Waals surface area contributed by atoms with Crippen molar-refractivity contribution in [1.29, 1.82) is 0 Å². The quantitative estimate of drug-likeness (QED) is 0.666. The number of carbonyl (C=O) groups excluding carboxylic acids is 1. The Hall–Kier alpha value is -2.83. The number of halogens is 3. The first-order chi connectivity index (χ1) is 11.9. The summed E-state index contributed by atoms with van der Waals surface area (Å²) in [5, 5.41) is 4.20. The molecular formula is C18H15F3N2O2. The Morgan fingerprint density at radius 1 is 1.20 bits per heavy atom. The smallest absolute Gasteiger partial charge is 0.416 e. The molecule has 0 saturated heterocycles. The summed E-state index contributed by atoms with van der Waals surface area (Å²) in [5.74, 6) is -0.519. The van der Waals surface area contributed by atoms with E-state index in [0.717, 1.165) is 12.1 Å². The van der Waals surface area contributed by atoms with E-state index in [0.29, 0.717) is 22.3 Å². The van der Waals surface area contributed by atoms with Crippen LogP contribution in [0.3, 0.4) is 0 Å². The Bertz CT molecular complexity index is 916. The maximum Gasteiger partial charge on any atom is 0.416 e. The van der Waals surface area contributed by atoms with Crippen LogP contribution in [-0.2, 0) is 17.3 Å². The molecule has 130 valence electrons. The van der Waals surface area contributed by atoms with Crippen molar-refractivity contribution in [3.05, 3.63) is 71.0 Å². The Balaban J connectivity index is 2.06. The van der Waals surface area contributed by atoms with Gasteiger partial charge in [0.25, 0.3) is 0 Å². The zero-order valence-corrected chi connectivity index (χ0v) is 13.4. The van der Waals surface area contributed by atoms with Crippen molar-refractivity contribution in [1.82, 2.24) is 9.61 Å². The van der Waals surface area contributed by atoms with Gasteiger partial charge in [0.1, 0.15) is 0 Å². The normalized spacial score (nSPS) is 11.7. The van der Waals surface area contributed by atoms with Crippen LogP contribution >= 0.6 is 0 Å². The van der Waals surface area contributed by atoms with Crippen LogP contribution in [0.5, 0.6) is 0 Å². The average Bonchev–Trinajstić information content (AvgIpc) is 2.93. The number of hydrogen-bond donors (Lipinski definition) is 0. The lowest BCUT2D eigenvalue weighted by atomic mass is 10.0. The summed E-state index contributed by atoms with van der Waals surface area (Å²) in [6.07, 6.45) is -2.74. The first kappa shape index (κ1) is 17.0. The molecule has 3 rings (SSSR count). The van der Waals surface area contributed by atoms with Crippen molar-refractivity contribution in [2.24, 2.45) is 0 Å². The SMILES string of the molecule is CCOC(=O)c1cc2cccnn2c1Cc1cccc(C(F)(F)F)c1. The number of esters is 1. The molecule has 0 amide bonds. The second-order valence-corrected chi connectivity index (χ2v) is 5.46. The van der Waals surface area contributed by atoms with E-state index in [9.17, 15) is 18.0 Å². The van der Waals surface area contributed by atoms with E-state index in [1.807, 2.05) is 0 Å². The minimum Gasteiger partial charge on any atom is -0.462 e. The standard InChI is InChI=1S/C18H15F3N2O2/c1-2-25-17(24)15-11-14-7-4-8-22-23(14)16(15)10-12-5-3-6-13(9-12)18(19,20)21/h3-9,11H,2,10H2,1H3. The first-order valence-electron chi connectivity index (χ1n) is 7.69. The predicted molar refractivity (Wildman–Crippen MR) is 85.4 cm³/mol. The maximum atomic E-state index is 12.9. The van der Waals surface area contributed by atoms with Gasteiger partial charge in [-0.2, -0.15) is 18.3 Å². The van der Waals surface area contributed by atoms with Gasteiger partial charge in [-0.1, -0.05) is 18.2 Å². The summed E-state index contributed by atoms with van der Waals surface area (Å²) < 4.78 is 45.3. The van der Waals surface area contributed by atoms with Crippen LogP contribution in [0.4, 0.5) is 13.2 Å². The minimum absolute atomic E-state index is 0.128. The fraction of sp³-hybridized carbons (Fsp3) is 0.222. The molecule has 1 aromatic carbocycles. The van der Waals surface area contributed by atoms with E-state index >= 15 is 0 Å². The molecule has 0 radical (unpaired) electrons. The van der Waals surface area contributed by atoms with E-state index in [1.54, 1.807) is 41.9 Å². The topological polar surface area (TPSA) is 43.6 Å². The number of ether oxygens (including phenoxy) is 1. The summed E-state index contributed by atoms with van der Waals surface area (Å²) in [5.41, 5.74) is 1.18. The molecule has 0 unspecified atom stereocenters. The van der Waals surface area contributed by atoms with Crippen LogP contribution in [-0.4, -0.2) is 22.2 Å². The Labute approximate surface area is 141 Å². The van der Waals surface area contributed by atoms with Gasteiger partial charge in [-0.05, 0) is 36.8 Å². The molecule has 0 atom stereocenters. The van der Waals surface area contributed by atoms with Crippen LogP contribution in [0, 0.1) is 0 Å². The number of fused-ring (bicyclic) bond motifs is 1. The zero-order chi connectivity index (χ0) is 18.0. The van der Waals surface area contributed by atoms with Crippen molar-refractivity contribution in [2.75, 3.05) is 6.61 Å². The van der Waals surface area contributed by atoms with Crippen LogP contribution in [0.15, 0.2) is 48.7 Å². The molecule has 0 spiro atoms. The van der Waals surface area contributed by atoms with Gasteiger partial charge >= 0.3 is 12.1 Å². The predicted octanol–water partition coefficient (Wildman–Crippen LogP) is 4.12. The molecule has 25 heavy (non-hydrogen) atoms. The van der Waals surface area contributed by atoms with Gasteiger partial charge in [0, 0.05) is 12.6 Å². The van der Waals surface area contributed by atoms with Crippen LogP contribution < -0.4 is 0 Å². The molecule has 0 aliphatic heterocycles. The van der Waals surface area contributed by atoms with E-state index in [4.69, 9.17) is 4.74 Å². The second-order valence-electron chi connectivity index (χ2n) is 5.46. The first-order valence-corrected chi connectivity index (χ1v) is 7.69. The Morgan fingerprint density at radius 2 is 2.00 bits per heavy atom. The number of carbonyl (C=O) groups is 1. The van der Waals surface area contributed by atoms with Crippen LogP contribution in [0.2, 0.25) is 0 Å². The van der Waals surface area contributed by atoms with Gasteiger partial charge in [0.2, 0.25) is 0 Å². The van der Waals surface area contributed by atoms with E-state index in [-0.39, 0.29) is 13.0 Å². The lowest BCUT2D eigenvalue weighted by Gasteiger charge is -2.10. The molecule has 0 aliphatic carbocycles. The number of aromatic nitrogens is 2. The third-order valence-corrected chi connectivity index (χ3v) is 3.76. The molecule has 4 nitrogen and oxygen atoms in total. The van der Waals surface area contributed by atoms with Gasteiger partial charge in [-0.3, -0.25) is 0 Å². The van der Waals surface area contributed by atoms with Gasteiger partial charge in [0.15, 0.2) is 0 Å². The molecule has 7 heteroatoms. The van der Waals surface area contributed by atoms with Gasteiger partial charge < -0.3 is 4.74 Å². The molecular weight excluding hydrogens is 333 g/mol. The van der Waals surface area contributed by atoms with E-state index < -0.39 is 17.7 Å². The maximum absolute atomic E-state index is 12.9. The third kappa shape index (κ3) is 3.50. The summed E-state index contributed by atoms with van der Waals surface area (Å²) in [6.45, 7) is 1.90. The van der Waals surface area contributed by atoms with Crippen molar-refractivity contribution in [3.8, 4) is 0 Å². The fourth-order valence-electron chi connectivity index (χ4n) is 2.67. The van der Waals surface area contributed by atoms with Crippen LogP contribution in [0.1, 0.15) is 34.1 Å². The van der Waals surface area contributed by atoms with Gasteiger partial charge in [-0.25, -0.2) is 9.31 Å². The summed E-state index contributed by atoms with van der Waals surface area (Å²) in [7, 11) is 0. The molecule has 0 N–H and O–H groups in total. The van der Waals surface area contributed by atoms with E-state index in [1.165, 1.54) is 6.07 Å². The molecule has 2 heterocycles. The Kier molecular flexibility index (Phi) is 4.48. The Morgan fingerprint density at radius 3 is 2.72 bits per heavy atom. The second kappa shape index (κ2) is 6.58. The van der Waals surface area contributed by atoms with Crippen molar-refractivity contribution in [2.45, 2.75) is 19.5 Å². The average molecular weight is 348 g/mol. The highest BCUT2D eigenvalue weighted by Gasteiger charge is 2.30. The molecule has 0 fully saturated rings. The number of nitrogens with zero attached hydrogens (tertiary/aromatic N) is 2. The largest absolute Gasteiger partial charge is 0.462 e. The molecule has 0 saturated carbocycles. The highest BCUT2D eigenvalue weighted by Crippen LogP contribution is 2.30. The highest BCUT2D eigenvalue weighted by atomic mass is 19.4. The summed E-state index contributed by atoms with van der Waals surface area (Å²) in [4.78, 5) is 12.2. The highest BCUT2D eigenvalue weighted by molar-refractivity contribution is 5.93. The summed E-state index contributed by atoms with van der Waals surface area (Å²) in [6, 6.07) is 10.2. The monoisotopic (exact) mass is 348 g/mol. The van der Waals surface area contributed by atoms with Crippen LogP contribution in [0.25, 0.3) is 5.52 Å². The molecule has 0 bridgehead atoms. The van der Waals surface area contributed by atoms with E-state index in [2.05, 4.69) is 5.10 Å². The molecule has 3 aromatic rings. The summed E-state index contributed by atoms with van der Waals surface area (Å²) >= 11 is 0. The fourth-order valence-corrected chi connectivity index (χ4v) is 2.67. The number of rotatable bonds is 4. The molecule has 0 aliphatic rings. The van der Waals surface area contributed by atoms with Gasteiger partial charge in [-0.15, -0.1) is 0 Å². The number of hydrogen-bond acceptors (Lipinski definition) is 3. The van der Waals surface area contributed by atoms with Gasteiger partial charge in [0.05, 0.1) is 28.9 Å². The third-order valence-electron chi connectivity index (χ3n) is 3.76.